The van der Waals surface area contributed by atoms with E-state index in [2.05, 4.69) is 0 Å². The van der Waals surface area contributed by atoms with Crippen molar-refractivity contribution in [3.63, 3.8) is 0 Å². The first kappa shape index (κ1) is 17.4. The van der Waals surface area contributed by atoms with Gasteiger partial charge in [-0.05, 0) is 30.5 Å². The zero-order chi connectivity index (χ0) is 18.8. The second-order valence-corrected chi connectivity index (χ2v) is 6.90. The highest BCUT2D eigenvalue weighted by molar-refractivity contribution is 6.06. The Balaban J connectivity index is 1.77. The van der Waals surface area contributed by atoms with E-state index < -0.39 is 5.82 Å². The topological polar surface area (TPSA) is 37.4 Å². The fourth-order valence-electron chi connectivity index (χ4n) is 3.90. The van der Waals surface area contributed by atoms with Gasteiger partial charge in [-0.2, -0.15) is 0 Å². The minimum absolute atomic E-state index is 0.0628. The van der Waals surface area contributed by atoms with Gasteiger partial charge in [0.1, 0.15) is 5.82 Å². The van der Waals surface area contributed by atoms with Crippen molar-refractivity contribution >= 4 is 23.5 Å². The Morgan fingerprint density at radius 2 is 1.70 bits per heavy atom. The molecule has 0 N–H and O–H groups in total. The van der Waals surface area contributed by atoms with Gasteiger partial charge in [-0.25, -0.2) is 4.39 Å². The van der Waals surface area contributed by atoms with Crippen molar-refractivity contribution in [2.75, 3.05) is 4.90 Å². The van der Waals surface area contributed by atoms with Gasteiger partial charge in [0.25, 0.3) is 0 Å². The number of Topliss-reactive ketones (excluding diaryl/α,β-unsaturated/α-hetero) is 1. The molecule has 0 spiro atoms. The van der Waals surface area contributed by atoms with E-state index in [1.807, 2.05) is 42.5 Å². The van der Waals surface area contributed by atoms with Crippen LogP contribution in [-0.4, -0.2) is 11.7 Å². The molecule has 0 saturated carbocycles. The summed E-state index contributed by atoms with van der Waals surface area (Å²) in [4.78, 5) is 27.0. The number of benzene rings is 2. The molecule has 4 rings (SSSR count). The summed E-state index contributed by atoms with van der Waals surface area (Å²) in [5, 5.41) is 0. The Bertz CT molecular complexity index is 946. The van der Waals surface area contributed by atoms with Crippen LogP contribution in [0.15, 0.2) is 71.9 Å². The summed E-state index contributed by atoms with van der Waals surface area (Å²) < 4.78 is 14.4. The average Bonchev–Trinajstić information content (AvgIpc) is 2.68. The van der Waals surface area contributed by atoms with Gasteiger partial charge in [-0.1, -0.05) is 54.6 Å². The first-order valence-corrected chi connectivity index (χ1v) is 9.22. The van der Waals surface area contributed by atoms with Crippen molar-refractivity contribution in [2.24, 2.45) is 5.92 Å². The second-order valence-electron chi connectivity index (χ2n) is 6.90. The fourth-order valence-corrected chi connectivity index (χ4v) is 3.90. The minimum atomic E-state index is -0.450. The molecule has 0 aromatic heterocycles. The van der Waals surface area contributed by atoms with Crippen molar-refractivity contribution in [2.45, 2.75) is 25.7 Å². The van der Waals surface area contributed by atoms with E-state index >= 15 is 0 Å². The van der Waals surface area contributed by atoms with E-state index in [1.54, 1.807) is 18.2 Å². The van der Waals surface area contributed by atoms with Crippen molar-refractivity contribution < 1.29 is 14.0 Å². The lowest BCUT2D eigenvalue weighted by molar-refractivity contribution is -0.120. The van der Waals surface area contributed by atoms with Gasteiger partial charge in [-0.3, -0.25) is 14.5 Å². The monoisotopic (exact) mass is 361 g/mol. The lowest BCUT2D eigenvalue weighted by Gasteiger charge is -2.37. The molecular formula is C23H20FNO2. The van der Waals surface area contributed by atoms with Crippen LogP contribution in [0.2, 0.25) is 0 Å². The number of hydrogen-bond acceptors (Lipinski definition) is 2. The molecule has 2 aliphatic rings. The van der Waals surface area contributed by atoms with Gasteiger partial charge in [-0.15, -0.1) is 0 Å². The minimum Gasteiger partial charge on any atom is -0.294 e. The van der Waals surface area contributed by atoms with Crippen LogP contribution in [0.1, 0.15) is 31.2 Å². The molecule has 0 saturated heterocycles. The van der Waals surface area contributed by atoms with E-state index in [4.69, 9.17) is 0 Å². The number of hydrogen-bond donors (Lipinski definition) is 0. The Kier molecular flexibility index (Phi) is 4.71. The van der Waals surface area contributed by atoms with Crippen LogP contribution in [0.5, 0.6) is 0 Å². The van der Waals surface area contributed by atoms with Gasteiger partial charge in [0.2, 0.25) is 5.91 Å². The lowest BCUT2D eigenvalue weighted by atomic mass is 9.80. The highest BCUT2D eigenvalue weighted by atomic mass is 19.1. The number of allylic oxidation sites excluding steroid dienone is 3. The predicted octanol–water partition coefficient (Wildman–Crippen LogP) is 4.90. The Hall–Kier alpha value is -3.01. The smallest absolute Gasteiger partial charge is 0.232 e. The van der Waals surface area contributed by atoms with E-state index in [9.17, 15) is 14.0 Å². The summed E-state index contributed by atoms with van der Waals surface area (Å²) >= 11 is 0. The SMILES string of the molecule is O=C1CCCC2=C1C(/C=C/c1ccccc1)CC(=O)N2c1ccccc1F. The van der Waals surface area contributed by atoms with Gasteiger partial charge in [0.05, 0.1) is 5.69 Å². The van der Waals surface area contributed by atoms with Gasteiger partial charge < -0.3 is 0 Å². The largest absolute Gasteiger partial charge is 0.294 e. The van der Waals surface area contributed by atoms with Crippen molar-refractivity contribution in [1.82, 2.24) is 0 Å². The highest BCUT2D eigenvalue weighted by Gasteiger charge is 2.38. The zero-order valence-electron chi connectivity index (χ0n) is 14.9. The Morgan fingerprint density at radius 3 is 2.48 bits per heavy atom. The molecule has 1 atom stereocenters. The number of para-hydroxylation sites is 1. The Labute approximate surface area is 157 Å². The van der Waals surface area contributed by atoms with Crippen LogP contribution in [0, 0.1) is 11.7 Å². The molecule has 0 fully saturated rings. The van der Waals surface area contributed by atoms with Gasteiger partial charge in [0.15, 0.2) is 5.78 Å². The summed E-state index contributed by atoms with van der Waals surface area (Å²) in [6.07, 6.45) is 5.82. The van der Waals surface area contributed by atoms with E-state index in [0.717, 1.165) is 5.56 Å². The van der Waals surface area contributed by atoms with E-state index in [0.29, 0.717) is 30.5 Å². The molecule has 2 aromatic carbocycles. The number of nitrogens with zero attached hydrogens (tertiary/aromatic N) is 1. The maximum atomic E-state index is 14.4. The molecule has 1 unspecified atom stereocenters. The number of rotatable bonds is 3. The summed E-state index contributed by atoms with van der Waals surface area (Å²) in [5.74, 6) is -0.818. The molecule has 1 aliphatic heterocycles. The molecule has 0 radical (unpaired) electrons. The van der Waals surface area contributed by atoms with Crippen LogP contribution in [0.25, 0.3) is 6.08 Å². The van der Waals surface area contributed by atoms with Crippen LogP contribution in [-0.2, 0) is 9.59 Å². The predicted molar refractivity (Wildman–Crippen MR) is 103 cm³/mol. The van der Waals surface area contributed by atoms with Crippen LogP contribution in [0.4, 0.5) is 10.1 Å². The summed E-state index contributed by atoms with van der Waals surface area (Å²) in [5.41, 5.74) is 2.58. The van der Waals surface area contributed by atoms with Crippen molar-refractivity contribution in [3.05, 3.63) is 83.3 Å². The van der Waals surface area contributed by atoms with Crippen LogP contribution >= 0.6 is 0 Å². The lowest BCUT2D eigenvalue weighted by Crippen LogP contribution is -2.41. The van der Waals surface area contributed by atoms with E-state index in [1.165, 1.54) is 11.0 Å². The fraction of sp³-hybridized carbons (Fsp3) is 0.217. The first-order valence-electron chi connectivity index (χ1n) is 9.22. The van der Waals surface area contributed by atoms with Crippen LogP contribution in [0.3, 0.4) is 0 Å². The number of ketones is 1. The number of carbonyl (C=O) groups excluding carboxylic acids is 2. The maximum Gasteiger partial charge on any atom is 0.232 e. The van der Waals surface area contributed by atoms with Crippen molar-refractivity contribution in [1.29, 1.82) is 0 Å². The maximum absolute atomic E-state index is 14.4. The molecule has 4 heteroatoms. The molecule has 2 aromatic rings. The number of halogens is 1. The third kappa shape index (κ3) is 3.35. The molecule has 136 valence electrons. The molecule has 1 heterocycles. The Morgan fingerprint density at radius 1 is 0.963 bits per heavy atom. The number of anilines is 1. The van der Waals surface area contributed by atoms with Gasteiger partial charge >= 0.3 is 0 Å². The highest BCUT2D eigenvalue weighted by Crippen LogP contribution is 2.40. The standard InChI is InChI=1S/C23H20FNO2/c24-18-9-4-5-10-19(18)25-20-11-6-12-21(26)23(20)17(15-22(25)27)14-13-16-7-2-1-3-8-16/h1-5,7-10,13-14,17H,6,11-12,15H2/b14-13+. The molecule has 3 nitrogen and oxygen atoms in total. The summed E-state index contributed by atoms with van der Waals surface area (Å²) in [6.45, 7) is 0. The zero-order valence-corrected chi connectivity index (χ0v) is 14.9. The van der Waals surface area contributed by atoms with Crippen LogP contribution < -0.4 is 4.90 Å². The summed E-state index contributed by atoms with van der Waals surface area (Å²) in [7, 11) is 0. The first-order chi connectivity index (χ1) is 13.1. The quantitative estimate of drug-likeness (QED) is 0.780. The van der Waals surface area contributed by atoms with E-state index in [-0.39, 0.29) is 29.7 Å². The molecular weight excluding hydrogens is 341 g/mol. The normalized spacial score (nSPS) is 20.3. The van der Waals surface area contributed by atoms with Crippen molar-refractivity contribution in [3.8, 4) is 0 Å². The molecule has 27 heavy (non-hydrogen) atoms. The molecule has 0 bridgehead atoms. The number of carbonyl (C=O) groups is 2. The average molecular weight is 361 g/mol. The third-order valence-electron chi connectivity index (χ3n) is 5.13. The molecule has 1 amide bonds. The third-order valence-corrected chi connectivity index (χ3v) is 5.13. The second kappa shape index (κ2) is 7.31. The summed E-state index contributed by atoms with van der Waals surface area (Å²) in [6, 6.07) is 16.0. The molecule has 1 aliphatic carbocycles. The van der Waals surface area contributed by atoms with Gasteiger partial charge in [0, 0.05) is 30.0 Å². The number of amides is 1.